The van der Waals surface area contributed by atoms with Crippen molar-refractivity contribution >= 4 is 57.0 Å². The zero-order valence-electron chi connectivity index (χ0n) is 20.5. The van der Waals surface area contributed by atoms with Crippen molar-refractivity contribution in [3.05, 3.63) is 58.9 Å². The number of fused-ring (bicyclic) bond motifs is 1. The van der Waals surface area contributed by atoms with Crippen LogP contribution in [0.4, 0.5) is 5.00 Å². The second kappa shape index (κ2) is 12.0. The molecular formula is C25H25N5O5S2. The van der Waals surface area contributed by atoms with Crippen LogP contribution in [0.5, 0.6) is 0 Å². The molecule has 10 nitrogen and oxygen atoms in total. The van der Waals surface area contributed by atoms with E-state index in [1.807, 2.05) is 30.3 Å². The lowest BCUT2D eigenvalue weighted by Crippen LogP contribution is -2.15. The Bertz CT molecular complexity index is 1430. The van der Waals surface area contributed by atoms with Crippen LogP contribution in [0.25, 0.3) is 16.7 Å². The van der Waals surface area contributed by atoms with Gasteiger partial charge < -0.3 is 14.8 Å². The lowest BCUT2D eigenvalue weighted by Gasteiger charge is -2.07. The number of rotatable bonds is 10. The number of amides is 1. The second-order valence-corrected chi connectivity index (χ2v) is 9.76. The Labute approximate surface area is 221 Å². The van der Waals surface area contributed by atoms with E-state index in [9.17, 15) is 14.4 Å². The number of hydrogen-bond acceptors (Lipinski definition) is 10. The minimum atomic E-state index is -0.602. The van der Waals surface area contributed by atoms with Gasteiger partial charge in [0, 0.05) is 12.2 Å². The van der Waals surface area contributed by atoms with Crippen LogP contribution < -0.4 is 5.32 Å². The normalized spacial score (nSPS) is 10.9. The minimum absolute atomic E-state index is 0.150. The van der Waals surface area contributed by atoms with Gasteiger partial charge in [0.15, 0.2) is 5.65 Å². The van der Waals surface area contributed by atoms with E-state index in [-0.39, 0.29) is 41.0 Å². The van der Waals surface area contributed by atoms with Crippen molar-refractivity contribution in [3.63, 3.8) is 0 Å². The number of hydrogen-bond donors (Lipinski definition) is 1. The Morgan fingerprint density at radius 1 is 1.05 bits per heavy atom. The zero-order chi connectivity index (χ0) is 26.4. The highest BCUT2D eigenvalue weighted by molar-refractivity contribution is 7.99. The summed E-state index contributed by atoms with van der Waals surface area (Å²) in [7, 11) is 0. The van der Waals surface area contributed by atoms with Crippen LogP contribution in [0.3, 0.4) is 0 Å². The summed E-state index contributed by atoms with van der Waals surface area (Å²) in [6.07, 6.45) is 3.33. The number of ether oxygens (including phenoxy) is 2. The highest BCUT2D eigenvalue weighted by Crippen LogP contribution is 2.34. The molecule has 4 aromatic rings. The van der Waals surface area contributed by atoms with Crippen molar-refractivity contribution in [2.24, 2.45) is 0 Å². The Morgan fingerprint density at radius 3 is 2.51 bits per heavy atom. The molecule has 0 aliphatic rings. The number of nitrogens with one attached hydrogen (secondary N) is 1. The number of esters is 2. The molecule has 0 bridgehead atoms. The van der Waals surface area contributed by atoms with Gasteiger partial charge in [-0.05, 0) is 38.5 Å². The van der Waals surface area contributed by atoms with Gasteiger partial charge in [-0.2, -0.15) is 5.10 Å². The first-order valence-electron chi connectivity index (χ1n) is 11.6. The lowest BCUT2D eigenvalue weighted by molar-refractivity contribution is -0.115. The van der Waals surface area contributed by atoms with Gasteiger partial charge in [-0.15, -0.1) is 23.1 Å². The van der Waals surface area contributed by atoms with Crippen molar-refractivity contribution in [1.82, 2.24) is 19.7 Å². The van der Waals surface area contributed by atoms with Crippen molar-refractivity contribution in [1.29, 1.82) is 0 Å². The Kier molecular flexibility index (Phi) is 8.51. The first-order valence-corrected chi connectivity index (χ1v) is 13.4. The largest absolute Gasteiger partial charge is 0.462 e. The van der Waals surface area contributed by atoms with E-state index in [4.69, 9.17) is 9.47 Å². The predicted octanol–water partition coefficient (Wildman–Crippen LogP) is 4.66. The summed E-state index contributed by atoms with van der Waals surface area (Å²) in [4.78, 5) is 46.6. The molecule has 4 rings (SSSR count). The van der Waals surface area contributed by atoms with E-state index < -0.39 is 11.9 Å². The number of benzene rings is 1. The fraction of sp³-hybridized carbons (Fsp3) is 0.280. The van der Waals surface area contributed by atoms with Gasteiger partial charge in [0.2, 0.25) is 5.91 Å². The third-order valence-corrected chi connectivity index (χ3v) is 7.43. The van der Waals surface area contributed by atoms with Gasteiger partial charge in [-0.25, -0.2) is 24.2 Å². The molecule has 12 heteroatoms. The number of thioether (sulfide) groups is 1. The molecule has 0 spiro atoms. The van der Waals surface area contributed by atoms with Gasteiger partial charge in [0.1, 0.15) is 21.2 Å². The molecule has 3 heterocycles. The summed E-state index contributed by atoms with van der Waals surface area (Å²) in [6, 6.07) is 9.67. The molecule has 0 radical (unpaired) electrons. The zero-order valence-corrected chi connectivity index (χ0v) is 22.1. The van der Waals surface area contributed by atoms with Crippen molar-refractivity contribution in [3.8, 4) is 5.69 Å². The third kappa shape index (κ3) is 5.81. The molecule has 0 saturated carbocycles. The SMILES string of the molecule is CCOC(=O)c1sc(NC(=O)CCSc2ncnc3c2cnn3-c2ccccc2)c(C(=O)OCC)c1C. The molecule has 0 unspecified atom stereocenters. The number of aromatic nitrogens is 4. The number of thiophene rings is 1. The van der Waals surface area contributed by atoms with Gasteiger partial charge in [0.25, 0.3) is 0 Å². The minimum Gasteiger partial charge on any atom is -0.462 e. The highest BCUT2D eigenvalue weighted by Gasteiger charge is 2.27. The molecule has 1 N–H and O–H groups in total. The number of nitrogens with zero attached hydrogens (tertiary/aromatic N) is 4. The summed E-state index contributed by atoms with van der Waals surface area (Å²) in [5.41, 5.74) is 2.15. The van der Waals surface area contributed by atoms with Crippen LogP contribution in [0.2, 0.25) is 0 Å². The lowest BCUT2D eigenvalue weighted by atomic mass is 10.1. The van der Waals surface area contributed by atoms with Crippen LogP contribution in [0.15, 0.2) is 47.9 Å². The Balaban J connectivity index is 1.46. The maximum absolute atomic E-state index is 12.8. The first kappa shape index (κ1) is 26.3. The van der Waals surface area contributed by atoms with E-state index in [1.54, 1.807) is 31.6 Å². The number of carbonyl (C=O) groups excluding carboxylic acids is 3. The van der Waals surface area contributed by atoms with Crippen LogP contribution in [0.1, 0.15) is 45.9 Å². The monoisotopic (exact) mass is 539 g/mol. The molecule has 1 amide bonds. The van der Waals surface area contributed by atoms with E-state index in [0.29, 0.717) is 22.0 Å². The molecule has 0 fully saturated rings. The maximum atomic E-state index is 12.8. The smallest absolute Gasteiger partial charge is 0.348 e. The highest BCUT2D eigenvalue weighted by atomic mass is 32.2. The van der Waals surface area contributed by atoms with E-state index >= 15 is 0 Å². The van der Waals surface area contributed by atoms with Crippen LogP contribution in [-0.2, 0) is 14.3 Å². The van der Waals surface area contributed by atoms with Crippen LogP contribution >= 0.6 is 23.1 Å². The Hall–Kier alpha value is -3.77. The number of carbonyl (C=O) groups is 3. The predicted molar refractivity (Wildman–Crippen MR) is 142 cm³/mol. The quantitative estimate of drug-likeness (QED) is 0.174. The average Bonchev–Trinajstić information content (AvgIpc) is 3.46. The number of anilines is 1. The van der Waals surface area contributed by atoms with E-state index in [1.165, 1.54) is 18.1 Å². The van der Waals surface area contributed by atoms with Crippen molar-refractivity contribution in [2.45, 2.75) is 32.2 Å². The summed E-state index contributed by atoms with van der Waals surface area (Å²) >= 11 is 2.41. The topological polar surface area (TPSA) is 125 Å². The summed E-state index contributed by atoms with van der Waals surface area (Å²) in [5, 5.41) is 8.98. The van der Waals surface area contributed by atoms with Crippen LogP contribution in [0, 0.1) is 6.92 Å². The van der Waals surface area contributed by atoms with Gasteiger partial charge in [-0.1, -0.05) is 18.2 Å². The molecule has 0 aliphatic heterocycles. The van der Waals surface area contributed by atoms with E-state index in [2.05, 4.69) is 20.4 Å². The van der Waals surface area contributed by atoms with Crippen molar-refractivity contribution < 1.29 is 23.9 Å². The fourth-order valence-electron chi connectivity index (χ4n) is 3.57. The molecule has 37 heavy (non-hydrogen) atoms. The molecule has 0 saturated heterocycles. The van der Waals surface area contributed by atoms with E-state index in [0.717, 1.165) is 22.4 Å². The second-order valence-electron chi connectivity index (χ2n) is 7.66. The summed E-state index contributed by atoms with van der Waals surface area (Å²) in [5.74, 6) is -1.02. The average molecular weight is 540 g/mol. The number of para-hydroxylation sites is 1. The summed E-state index contributed by atoms with van der Waals surface area (Å²) < 4.78 is 12.0. The Morgan fingerprint density at radius 2 is 1.78 bits per heavy atom. The fourth-order valence-corrected chi connectivity index (χ4v) is 5.57. The molecule has 3 aromatic heterocycles. The van der Waals surface area contributed by atoms with Crippen molar-refractivity contribution in [2.75, 3.05) is 24.3 Å². The molecule has 1 aromatic carbocycles. The molecule has 0 aliphatic carbocycles. The third-order valence-electron chi connectivity index (χ3n) is 5.24. The summed E-state index contributed by atoms with van der Waals surface area (Å²) in [6.45, 7) is 5.39. The van der Waals surface area contributed by atoms with Gasteiger partial charge in [0.05, 0.1) is 36.0 Å². The molecular weight excluding hydrogens is 514 g/mol. The maximum Gasteiger partial charge on any atom is 0.348 e. The molecule has 0 atom stereocenters. The molecule has 192 valence electrons. The van der Waals surface area contributed by atoms with Crippen LogP contribution in [-0.4, -0.2) is 56.6 Å². The standard InChI is InChI=1S/C25H25N5O5S2/c1-4-34-24(32)19-15(3)20(25(33)35-5-2)37-23(19)29-18(31)11-12-36-22-17-13-28-30(21(17)26-14-27-22)16-9-7-6-8-10-16/h6-10,13-14H,4-5,11-12H2,1-3H3,(H,29,31). The van der Waals surface area contributed by atoms with Gasteiger partial charge in [-0.3, -0.25) is 4.79 Å². The first-order chi connectivity index (χ1) is 17.9. The van der Waals surface area contributed by atoms with Gasteiger partial charge >= 0.3 is 11.9 Å².